The summed E-state index contributed by atoms with van der Waals surface area (Å²) in [4.78, 5) is 33.5. The third kappa shape index (κ3) is 5.12. The van der Waals surface area contributed by atoms with Crippen LogP contribution in [0.25, 0.3) is 11.0 Å². The largest absolute Gasteiger partial charge is 0.444 e. The maximum atomic E-state index is 12.7. The molecule has 34 heavy (non-hydrogen) atoms. The normalized spacial score (nSPS) is 21.7. The number of rotatable bonds is 4. The van der Waals surface area contributed by atoms with E-state index in [4.69, 9.17) is 9.72 Å². The Morgan fingerprint density at radius 1 is 1.26 bits per heavy atom. The number of likely N-dealkylation sites (N-methyl/N-ethyl adjacent to an activating group) is 1. The summed E-state index contributed by atoms with van der Waals surface area (Å²) in [6.45, 7) is 10.1. The minimum atomic E-state index is -0.517. The number of carbonyl (C=O) groups excluding carboxylic acids is 2. The Morgan fingerprint density at radius 3 is 2.71 bits per heavy atom. The highest BCUT2D eigenvalue weighted by Gasteiger charge is 2.31. The van der Waals surface area contributed by atoms with Gasteiger partial charge in [-0.25, -0.2) is 9.78 Å². The van der Waals surface area contributed by atoms with Gasteiger partial charge in [-0.3, -0.25) is 4.79 Å². The number of hydrogen-bond acceptors (Lipinski definition) is 5. The molecule has 2 atom stereocenters. The molecule has 1 N–H and O–H groups in total. The van der Waals surface area contributed by atoms with Gasteiger partial charge in [0.1, 0.15) is 11.4 Å². The predicted molar refractivity (Wildman–Crippen MR) is 130 cm³/mol. The molecule has 8 heteroatoms. The number of hydrogen-bond donors (Lipinski definition) is 1. The van der Waals surface area contributed by atoms with E-state index in [9.17, 15) is 14.7 Å². The van der Waals surface area contributed by atoms with Crippen LogP contribution >= 0.6 is 0 Å². The van der Waals surface area contributed by atoms with Gasteiger partial charge in [0.25, 0.3) is 0 Å². The Bertz CT molecular complexity index is 1110. The maximum absolute atomic E-state index is 12.7. The number of nitrogens with zero attached hydrogens (tertiary/aromatic N) is 4. The molecule has 2 aliphatic rings. The van der Waals surface area contributed by atoms with E-state index in [1.54, 1.807) is 4.90 Å². The Balaban J connectivity index is 1.65. The molecule has 1 aromatic carbocycles. The standard InChI is InChI=1S/C26H36N4O4/c1-17-11-20(15-28(5)24(17)32)23-27-21-12-18(16-31)8-9-22(21)30(23)14-19-7-6-10-29(13-19)25(33)34-26(2,3)4/h8-9,11-12,19-20,31H,6-7,10,13-16H2,1-5H3/t19-,20?/m1/s1. The molecule has 2 aromatic rings. The van der Waals surface area contributed by atoms with Crippen molar-refractivity contribution < 1.29 is 19.4 Å². The van der Waals surface area contributed by atoms with Gasteiger partial charge in [0.05, 0.1) is 23.6 Å². The molecule has 0 aliphatic carbocycles. The minimum Gasteiger partial charge on any atom is -0.444 e. The van der Waals surface area contributed by atoms with E-state index in [0.29, 0.717) is 19.6 Å². The first-order chi connectivity index (χ1) is 16.1. The number of aromatic nitrogens is 2. The SMILES string of the molecule is CC1=CC(c2nc3cc(CO)ccc3n2C[C@@H]2CCCN(C(=O)OC(C)(C)C)C2)CN(C)C1=O. The monoisotopic (exact) mass is 468 g/mol. The summed E-state index contributed by atoms with van der Waals surface area (Å²) in [5.41, 5.74) is 2.87. The number of aliphatic hydroxyl groups is 1. The highest BCUT2D eigenvalue weighted by atomic mass is 16.6. The zero-order chi connectivity index (χ0) is 24.6. The molecule has 3 heterocycles. The van der Waals surface area contributed by atoms with Gasteiger partial charge >= 0.3 is 6.09 Å². The Kier molecular flexibility index (Phi) is 6.71. The lowest BCUT2D eigenvalue weighted by Crippen LogP contribution is -2.44. The van der Waals surface area contributed by atoms with Gasteiger partial charge in [-0.15, -0.1) is 0 Å². The quantitative estimate of drug-likeness (QED) is 0.740. The smallest absolute Gasteiger partial charge is 0.410 e. The van der Waals surface area contributed by atoms with Crippen LogP contribution in [0, 0.1) is 5.92 Å². The van der Waals surface area contributed by atoms with Crippen LogP contribution in [0.2, 0.25) is 0 Å². The molecule has 1 fully saturated rings. The van der Waals surface area contributed by atoms with Crippen molar-refractivity contribution >= 4 is 23.0 Å². The van der Waals surface area contributed by atoms with E-state index >= 15 is 0 Å². The number of ether oxygens (including phenoxy) is 1. The molecule has 1 unspecified atom stereocenters. The second-order valence-electron chi connectivity index (χ2n) is 10.6. The van der Waals surface area contributed by atoms with Crippen LogP contribution in [0.3, 0.4) is 0 Å². The van der Waals surface area contributed by atoms with Gasteiger partial charge in [-0.1, -0.05) is 12.1 Å². The van der Waals surface area contributed by atoms with Crippen LogP contribution in [0.1, 0.15) is 57.8 Å². The van der Waals surface area contributed by atoms with Gasteiger partial charge in [0.2, 0.25) is 5.91 Å². The molecule has 1 saturated heterocycles. The number of fused-ring (bicyclic) bond motifs is 1. The summed E-state index contributed by atoms with van der Waals surface area (Å²) in [6.07, 6.45) is 3.71. The minimum absolute atomic E-state index is 0.0155. The summed E-state index contributed by atoms with van der Waals surface area (Å²) in [5, 5.41) is 9.61. The molecule has 4 rings (SSSR count). The van der Waals surface area contributed by atoms with E-state index in [0.717, 1.165) is 47.4 Å². The van der Waals surface area contributed by atoms with Gasteiger partial charge < -0.3 is 24.2 Å². The van der Waals surface area contributed by atoms with Crippen molar-refractivity contribution in [3.8, 4) is 0 Å². The molecular weight excluding hydrogens is 432 g/mol. The fourth-order valence-electron chi connectivity index (χ4n) is 4.99. The van der Waals surface area contributed by atoms with E-state index in [1.807, 2.05) is 63.9 Å². The second kappa shape index (κ2) is 9.41. The third-order valence-electron chi connectivity index (χ3n) is 6.57. The van der Waals surface area contributed by atoms with Crippen molar-refractivity contribution in [1.29, 1.82) is 0 Å². The molecule has 0 spiro atoms. The van der Waals surface area contributed by atoms with Crippen LogP contribution < -0.4 is 0 Å². The fourth-order valence-corrected chi connectivity index (χ4v) is 4.99. The van der Waals surface area contributed by atoms with Crippen LogP contribution in [0.5, 0.6) is 0 Å². The number of benzene rings is 1. The van der Waals surface area contributed by atoms with Gasteiger partial charge in [0, 0.05) is 38.8 Å². The lowest BCUT2D eigenvalue weighted by molar-refractivity contribution is -0.126. The predicted octanol–water partition coefficient (Wildman–Crippen LogP) is 3.68. The van der Waals surface area contributed by atoms with E-state index in [1.165, 1.54) is 0 Å². The summed E-state index contributed by atoms with van der Waals surface area (Å²) in [6, 6.07) is 5.87. The van der Waals surface area contributed by atoms with Gasteiger partial charge in [-0.2, -0.15) is 0 Å². The van der Waals surface area contributed by atoms with Gasteiger partial charge in [0.15, 0.2) is 0 Å². The molecule has 1 aromatic heterocycles. The Labute approximate surface area is 201 Å². The highest BCUT2D eigenvalue weighted by Crippen LogP contribution is 2.31. The van der Waals surface area contributed by atoms with Crippen molar-refractivity contribution in [2.24, 2.45) is 5.92 Å². The number of piperidine rings is 1. The summed E-state index contributed by atoms with van der Waals surface area (Å²) >= 11 is 0. The number of likely N-dealkylation sites (tertiary alicyclic amines) is 1. The highest BCUT2D eigenvalue weighted by molar-refractivity contribution is 5.93. The van der Waals surface area contributed by atoms with E-state index < -0.39 is 5.60 Å². The fraction of sp³-hybridized carbons (Fsp3) is 0.577. The number of amides is 2. The zero-order valence-corrected chi connectivity index (χ0v) is 20.9. The molecule has 184 valence electrons. The first-order valence-corrected chi connectivity index (χ1v) is 12.1. The average molecular weight is 469 g/mol. The van der Waals surface area contributed by atoms with Crippen LogP contribution in [0.15, 0.2) is 29.8 Å². The van der Waals surface area contributed by atoms with Crippen LogP contribution in [-0.4, -0.2) is 68.7 Å². The van der Waals surface area contributed by atoms with Crippen molar-refractivity contribution in [2.45, 2.75) is 65.2 Å². The number of imidazole rings is 1. The van der Waals surface area contributed by atoms with Crippen LogP contribution in [0.4, 0.5) is 4.79 Å². The van der Waals surface area contributed by atoms with E-state index in [-0.39, 0.29) is 30.4 Å². The number of aliphatic hydroxyl groups excluding tert-OH is 1. The summed E-state index contributed by atoms with van der Waals surface area (Å²) in [7, 11) is 1.82. The van der Waals surface area contributed by atoms with Gasteiger partial charge in [-0.05, 0) is 64.2 Å². The second-order valence-corrected chi connectivity index (χ2v) is 10.6. The lowest BCUT2D eigenvalue weighted by Gasteiger charge is -2.35. The molecule has 0 radical (unpaired) electrons. The Hall–Kier alpha value is -2.87. The molecular formula is C26H36N4O4. The maximum Gasteiger partial charge on any atom is 0.410 e. The average Bonchev–Trinajstić information content (AvgIpc) is 3.13. The van der Waals surface area contributed by atoms with Crippen molar-refractivity contribution in [2.75, 3.05) is 26.7 Å². The van der Waals surface area contributed by atoms with Crippen molar-refractivity contribution in [1.82, 2.24) is 19.4 Å². The zero-order valence-electron chi connectivity index (χ0n) is 20.9. The van der Waals surface area contributed by atoms with Crippen LogP contribution in [-0.2, 0) is 22.7 Å². The molecule has 0 saturated carbocycles. The lowest BCUT2D eigenvalue weighted by atomic mass is 9.96. The molecule has 8 nitrogen and oxygen atoms in total. The van der Waals surface area contributed by atoms with E-state index in [2.05, 4.69) is 4.57 Å². The number of carbonyl (C=O) groups is 2. The Morgan fingerprint density at radius 2 is 2.03 bits per heavy atom. The first kappa shape index (κ1) is 24.3. The topological polar surface area (TPSA) is 87.9 Å². The molecule has 0 bridgehead atoms. The summed E-state index contributed by atoms with van der Waals surface area (Å²) in [5.74, 6) is 1.21. The van der Waals surface area contributed by atoms with Crippen molar-refractivity contribution in [3.05, 3.63) is 41.2 Å². The third-order valence-corrected chi connectivity index (χ3v) is 6.57. The molecule has 2 amide bonds. The molecule has 2 aliphatic heterocycles. The van der Waals surface area contributed by atoms with Crippen molar-refractivity contribution in [3.63, 3.8) is 0 Å². The summed E-state index contributed by atoms with van der Waals surface area (Å²) < 4.78 is 7.86. The first-order valence-electron chi connectivity index (χ1n) is 12.1.